The lowest BCUT2D eigenvalue weighted by Crippen LogP contribution is -2.32. The van der Waals surface area contributed by atoms with Gasteiger partial charge in [0.05, 0.1) is 12.7 Å². The van der Waals surface area contributed by atoms with Crippen molar-refractivity contribution in [2.45, 2.75) is 30.3 Å². The molecule has 2 heterocycles. The molecule has 0 radical (unpaired) electrons. The first-order valence-corrected chi connectivity index (χ1v) is 10.4. The van der Waals surface area contributed by atoms with E-state index in [9.17, 15) is 12.8 Å². The SMILES string of the molecule is O=S(=O)(c1ccccc1F)N1C[C@H]2[C@@H](CCOCC3CC3)CO[C@H]2C1. The number of halogens is 1. The highest BCUT2D eigenvalue weighted by atomic mass is 32.2. The van der Waals surface area contributed by atoms with E-state index < -0.39 is 15.8 Å². The zero-order chi connectivity index (χ0) is 17.4. The van der Waals surface area contributed by atoms with Crippen molar-refractivity contribution < 1.29 is 22.3 Å². The standard InChI is InChI=1S/C18H24FNO4S/c19-16-3-1-2-4-18(16)25(21,22)20-9-15-14(12-24-17(15)10-20)7-8-23-11-13-5-6-13/h1-4,13-15,17H,5-12H2/t14-,15-,17-/m0/s1. The van der Waals surface area contributed by atoms with Crippen LogP contribution in [0.5, 0.6) is 0 Å². The van der Waals surface area contributed by atoms with Crippen molar-refractivity contribution in [1.29, 1.82) is 0 Å². The molecular weight excluding hydrogens is 345 g/mol. The van der Waals surface area contributed by atoms with Crippen LogP contribution in [0.25, 0.3) is 0 Å². The first-order chi connectivity index (χ1) is 12.1. The van der Waals surface area contributed by atoms with E-state index in [1.165, 1.54) is 35.3 Å². The maximum atomic E-state index is 13.9. The zero-order valence-electron chi connectivity index (χ0n) is 14.1. The summed E-state index contributed by atoms with van der Waals surface area (Å²) >= 11 is 0. The molecule has 1 saturated carbocycles. The maximum Gasteiger partial charge on any atom is 0.246 e. The Morgan fingerprint density at radius 3 is 2.80 bits per heavy atom. The molecule has 0 bridgehead atoms. The van der Waals surface area contributed by atoms with E-state index in [1.807, 2.05) is 0 Å². The fraction of sp³-hybridized carbons (Fsp3) is 0.667. The summed E-state index contributed by atoms with van der Waals surface area (Å²) in [5.41, 5.74) is 0. The molecule has 2 aliphatic heterocycles. The van der Waals surface area contributed by atoms with Crippen LogP contribution in [-0.2, 0) is 19.5 Å². The smallest absolute Gasteiger partial charge is 0.246 e. The third-order valence-electron chi connectivity index (χ3n) is 5.54. The van der Waals surface area contributed by atoms with E-state index >= 15 is 0 Å². The van der Waals surface area contributed by atoms with Gasteiger partial charge >= 0.3 is 0 Å². The van der Waals surface area contributed by atoms with E-state index in [0.717, 1.165) is 18.9 Å². The molecule has 1 aromatic rings. The van der Waals surface area contributed by atoms with E-state index in [4.69, 9.17) is 9.47 Å². The fourth-order valence-corrected chi connectivity index (χ4v) is 5.37. The van der Waals surface area contributed by atoms with Crippen molar-refractivity contribution in [3.8, 4) is 0 Å². The molecule has 138 valence electrons. The Morgan fingerprint density at radius 2 is 2.04 bits per heavy atom. The Hall–Kier alpha value is -1.02. The molecule has 25 heavy (non-hydrogen) atoms. The second kappa shape index (κ2) is 6.95. The summed E-state index contributed by atoms with van der Waals surface area (Å²) in [6.07, 6.45) is 3.36. The maximum absolute atomic E-state index is 13.9. The summed E-state index contributed by atoms with van der Waals surface area (Å²) in [4.78, 5) is -0.251. The van der Waals surface area contributed by atoms with Crippen LogP contribution in [0, 0.1) is 23.6 Å². The molecule has 3 aliphatic rings. The number of hydrogen-bond donors (Lipinski definition) is 0. The van der Waals surface area contributed by atoms with Gasteiger partial charge in [0.15, 0.2) is 0 Å². The summed E-state index contributed by atoms with van der Waals surface area (Å²) in [5, 5.41) is 0. The van der Waals surface area contributed by atoms with Crippen LogP contribution >= 0.6 is 0 Å². The molecule has 0 aromatic heterocycles. The van der Waals surface area contributed by atoms with E-state index in [2.05, 4.69) is 0 Å². The van der Waals surface area contributed by atoms with Crippen molar-refractivity contribution in [2.75, 3.05) is 32.9 Å². The minimum Gasteiger partial charge on any atom is -0.381 e. The van der Waals surface area contributed by atoms with Crippen molar-refractivity contribution >= 4 is 10.0 Å². The molecule has 3 atom stereocenters. The quantitative estimate of drug-likeness (QED) is 0.692. The molecule has 0 unspecified atom stereocenters. The molecule has 0 amide bonds. The van der Waals surface area contributed by atoms with Crippen LogP contribution < -0.4 is 0 Å². The monoisotopic (exact) mass is 369 g/mol. The van der Waals surface area contributed by atoms with Crippen LogP contribution in [0.15, 0.2) is 29.2 Å². The number of hydrogen-bond acceptors (Lipinski definition) is 4. The Morgan fingerprint density at radius 1 is 1.24 bits per heavy atom. The zero-order valence-corrected chi connectivity index (χ0v) is 15.0. The number of nitrogens with zero attached hydrogens (tertiary/aromatic N) is 1. The third-order valence-corrected chi connectivity index (χ3v) is 7.41. The van der Waals surface area contributed by atoms with Gasteiger partial charge in [0.1, 0.15) is 10.7 Å². The van der Waals surface area contributed by atoms with Crippen molar-refractivity contribution in [3.05, 3.63) is 30.1 Å². The second-order valence-electron chi connectivity index (χ2n) is 7.36. The normalized spacial score (nSPS) is 29.9. The molecule has 0 spiro atoms. The lowest BCUT2D eigenvalue weighted by atomic mass is 9.91. The molecule has 1 aromatic carbocycles. The Labute approximate surface area is 148 Å². The number of sulfonamides is 1. The van der Waals surface area contributed by atoms with Crippen LogP contribution in [0.4, 0.5) is 4.39 Å². The van der Waals surface area contributed by atoms with Gasteiger partial charge in [-0.3, -0.25) is 0 Å². The Balaban J connectivity index is 1.37. The van der Waals surface area contributed by atoms with E-state index in [1.54, 1.807) is 6.07 Å². The highest BCUT2D eigenvalue weighted by Gasteiger charge is 2.47. The van der Waals surface area contributed by atoms with Gasteiger partial charge in [-0.25, -0.2) is 12.8 Å². The molecule has 5 nitrogen and oxygen atoms in total. The molecule has 3 fully saturated rings. The predicted octanol–water partition coefficient (Wildman–Crippen LogP) is 2.28. The van der Waals surface area contributed by atoms with Crippen molar-refractivity contribution in [1.82, 2.24) is 4.31 Å². The summed E-state index contributed by atoms with van der Waals surface area (Å²) in [6.45, 7) is 2.91. The topological polar surface area (TPSA) is 55.8 Å². The molecule has 1 aliphatic carbocycles. The number of ether oxygens (including phenoxy) is 2. The first kappa shape index (κ1) is 17.4. The molecule has 0 N–H and O–H groups in total. The van der Waals surface area contributed by atoms with Gasteiger partial charge in [0.2, 0.25) is 10.0 Å². The minimum absolute atomic E-state index is 0.0880. The van der Waals surface area contributed by atoms with Gasteiger partial charge in [0.25, 0.3) is 0 Å². The lowest BCUT2D eigenvalue weighted by Gasteiger charge is -2.20. The lowest BCUT2D eigenvalue weighted by molar-refractivity contribution is 0.0908. The van der Waals surface area contributed by atoms with Gasteiger partial charge in [-0.15, -0.1) is 0 Å². The van der Waals surface area contributed by atoms with Crippen molar-refractivity contribution in [3.63, 3.8) is 0 Å². The summed E-state index contributed by atoms with van der Waals surface area (Å²) in [7, 11) is -3.82. The van der Waals surface area contributed by atoms with Gasteiger partial charge in [-0.05, 0) is 43.2 Å². The first-order valence-electron chi connectivity index (χ1n) is 8.99. The highest BCUT2D eigenvalue weighted by Crippen LogP contribution is 2.38. The number of rotatable bonds is 7. The summed E-state index contributed by atoms with van der Waals surface area (Å²) in [6, 6.07) is 5.54. The Bertz CT molecular complexity index is 722. The van der Waals surface area contributed by atoms with Crippen molar-refractivity contribution in [2.24, 2.45) is 17.8 Å². The number of benzene rings is 1. The van der Waals surface area contributed by atoms with Gasteiger partial charge in [0, 0.05) is 32.2 Å². The van der Waals surface area contributed by atoms with Crippen LogP contribution in [0.3, 0.4) is 0 Å². The van der Waals surface area contributed by atoms with Crippen LogP contribution in [0.1, 0.15) is 19.3 Å². The van der Waals surface area contributed by atoms with Gasteiger partial charge < -0.3 is 9.47 Å². The minimum atomic E-state index is -3.82. The molecule has 2 saturated heterocycles. The van der Waals surface area contributed by atoms with Gasteiger partial charge in [-0.2, -0.15) is 4.31 Å². The predicted molar refractivity (Wildman–Crippen MR) is 90.0 cm³/mol. The average molecular weight is 369 g/mol. The third kappa shape index (κ3) is 3.60. The molecule has 7 heteroatoms. The molecular formula is C18H24FNO4S. The van der Waals surface area contributed by atoms with Gasteiger partial charge in [-0.1, -0.05) is 12.1 Å². The highest BCUT2D eigenvalue weighted by molar-refractivity contribution is 7.89. The van der Waals surface area contributed by atoms with E-state index in [0.29, 0.717) is 32.2 Å². The number of fused-ring (bicyclic) bond motifs is 1. The van der Waals surface area contributed by atoms with Crippen LogP contribution in [-0.4, -0.2) is 51.7 Å². The largest absolute Gasteiger partial charge is 0.381 e. The Kier molecular flexibility index (Phi) is 4.83. The second-order valence-corrected chi connectivity index (χ2v) is 9.26. The van der Waals surface area contributed by atoms with E-state index in [-0.39, 0.29) is 16.9 Å². The summed E-state index contributed by atoms with van der Waals surface area (Å²) < 4.78 is 52.3. The molecule has 4 rings (SSSR count). The van der Waals surface area contributed by atoms with Crippen LogP contribution in [0.2, 0.25) is 0 Å². The summed E-state index contributed by atoms with van der Waals surface area (Å²) in [5.74, 6) is 0.530. The fourth-order valence-electron chi connectivity index (χ4n) is 3.82. The average Bonchev–Trinajstić information content (AvgIpc) is 3.18.